The van der Waals surface area contributed by atoms with Crippen LogP contribution in [0.25, 0.3) is 4.96 Å². The van der Waals surface area contributed by atoms with E-state index < -0.39 is 5.92 Å². The molecule has 7 heteroatoms. The summed E-state index contributed by atoms with van der Waals surface area (Å²) >= 11 is 7.27. The van der Waals surface area contributed by atoms with Crippen LogP contribution < -0.4 is 5.56 Å². The highest BCUT2D eigenvalue weighted by molar-refractivity contribution is 7.15. The molecule has 0 spiro atoms. The van der Waals surface area contributed by atoms with Gasteiger partial charge in [-0.1, -0.05) is 37.6 Å². The Balaban J connectivity index is 1.76. The molecule has 0 fully saturated rings. The van der Waals surface area contributed by atoms with E-state index in [-0.39, 0.29) is 24.1 Å². The number of carbonyl (C=O) groups excluding carboxylic acids is 1. The van der Waals surface area contributed by atoms with Crippen LogP contribution in [0.15, 0.2) is 46.7 Å². The van der Waals surface area contributed by atoms with Gasteiger partial charge in [0.1, 0.15) is 6.61 Å². The Kier molecular flexibility index (Phi) is 5.20. The first-order chi connectivity index (χ1) is 12.0. The molecule has 0 aliphatic carbocycles. The van der Waals surface area contributed by atoms with E-state index in [2.05, 4.69) is 4.98 Å². The van der Waals surface area contributed by atoms with Gasteiger partial charge in [0.05, 0.1) is 11.6 Å². The number of hydrogen-bond acceptors (Lipinski definition) is 5. The molecule has 0 unspecified atom stereocenters. The van der Waals surface area contributed by atoms with Crippen molar-refractivity contribution in [1.29, 1.82) is 0 Å². The summed E-state index contributed by atoms with van der Waals surface area (Å²) in [5, 5.41) is 2.41. The summed E-state index contributed by atoms with van der Waals surface area (Å²) in [6.45, 7) is 3.89. The number of carbonyl (C=O) groups is 1. The summed E-state index contributed by atoms with van der Waals surface area (Å²) in [5.74, 6) is -0.679. The zero-order valence-corrected chi connectivity index (χ0v) is 15.4. The van der Waals surface area contributed by atoms with Gasteiger partial charge in [-0.05, 0) is 23.6 Å². The lowest BCUT2D eigenvalue weighted by atomic mass is 9.88. The fourth-order valence-electron chi connectivity index (χ4n) is 2.66. The number of halogens is 1. The van der Waals surface area contributed by atoms with Crippen LogP contribution in [0.1, 0.15) is 31.0 Å². The van der Waals surface area contributed by atoms with E-state index in [1.807, 2.05) is 26.0 Å². The Labute approximate surface area is 153 Å². The van der Waals surface area contributed by atoms with Crippen molar-refractivity contribution in [2.24, 2.45) is 5.92 Å². The number of hydrogen-bond donors (Lipinski definition) is 0. The molecular formula is C18H17ClN2O3S. The molecule has 2 aromatic heterocycles. The number of thiazole rings is 1. The van der Waals surface area contributed by atoms with Gasteiger partial charge in [0.25, 0.3) is 5.56 Å². The SMILES string of the molecule is CC(C)[C@H](C(=O)OCc1cc(=O)n2ccsc2n1)c1ccc(Cl)cc1. The molecule has 0 aliphatic rings. The second-order valence-electron chi connectivity index (χ2n) is 6.02. The molecule has 3 rings (SSSR count). The van der Waals surface area contributed by atoms with E-state index in [4.69, 9.17) is 16.3 Å². The highest BCUT2D eigenvalue weighted by Crippen LogP contribution is 2.27. The average molecular weight is 377 g/mol. The summed E-state index contributed by atoms with van der Waals surface area (Å²) < 4.78 is 6.90. The maximum Gasteiger partial charge on any atom is 0.314 e. The highest BCUT2D eigenvalue weighted by Gasteiger charge is 2.26. The first-order valence-corrected chi connectivity index (χ1v) is 9.09. The monoisotopic (exact) mass is 376 g/mol. The molecule has 0 N–H and O–H groups in total. The van der Waals surface area contributed by atoms with E-state index in [1.165, 1.54) is 21.8 Å². The second kappa shape index (κ2) is 7.37. The smallest absolute Gasteiger partial charge is 0.314 e. The number of rotatable bonds is 5. The van der Waals surface area contributed by atoms with Gasteiger partial charge in [0.2, 0.25) is 0 Å². The third kappa shape index (κ3) is 3.91. The highest BCUT2D eigenvalue weighted by atomic mass is 35.5. The topological polar surface area (TPSA) is 60.7 Å². The molecule has 0 amide bonds. The van der Waals surface area contributed by atoms with Crippen molar-refractivity contribution in [3.63, 3.8) is 0 Å². The average Bonchev–Trinajstić information content (AvgIpc) is 3.04. The van der Waals surface area contributed by atoms with Crippen molar-refractivity contribution < 1.29 is 9.53 Å². The van der Waals surface area contributed by atoms with E-state index >= 15 is 0 Å². The van der Waals surface area contributed by atoms with Crippen LogP contribution >= 0.6 is 22.9 Å². The van der Waals surface area contributed by atoms with Crippen LogP contribution in [0.4, 0.5) is 0 Å². The summed E-state index contributed by atoms with van der Waals surface area (Å²) in [5.41, 5.74) is 1.11. The largest absolute Gasteiger partial charge is 0.459 e. The molecule has 0 radical (unpaired) electrons. The Morgan fingerprint density at radius 3 is 2.72 bits per heavy atom. The number of aromatic nitrogens is 2. The lowest BCUT2D eigenvalue weighted by Crippen LogP contribution is -2.21. The second-order valence-corrected chi connectivity index (χ2v) is 7.33. The van der Waals surface area contributed by atoms with E-state index in [9.17, 15) is 9.59 Å². The van der Waals surface area contributed by atoms with Crippen molar-refractivity contribution >= 4 is 33.9 Å². The van der Waals surface area contributed by atoms with Crippen molar-refractivity contribution in [3.8, 4) is 0 Å². The number of nitrogens with zero attached hydrogens (tertiary/aromatic N) is 2. The standard InChI is InChI=1S/C18H17ClN2O3S/c1-11(2)16(12-3-5-13(19)6-4-12)17(23)24-10-14-9-15(22)21-7-8-25-18(21)20-14/h3-9,11,16H,10H2,1-2H3/t16-/m0/s1. The minimum absolute atomic E-state index is 0.0285. The van der Waals surface area contributed by atoms with Gasteiger partial charge >= 0.3 is 5.97 Å². The van der Waals surface area contributed by atoms with Gasteiger partial charge in [-0.2, -0.15) is 0 Å². The summed E-state index contributed by atoms with van der Waals surface area (Å²) in [6, 6.07) is 8.56. The molecule has 25 heavy (non-hydrogen) atoms. The van der Waals surface area contributed by atoms with Crippen molar-refractivity contribution in [3.05, 3.63) is 68.5 Å². The van der Waals surface area contributed by atoms with E-state index in [1.54, 1.807) is 23.7 Å². The fraction of sp³-hybridized carbons (Fsp3) is 0.278. The van der Waals surface area contributed by atoms with Crippen molar-refractivity contribution in [2.45, 2.75) is 26.4 Å². The van der Waals surface area contributed by atoms with E-state index in [0.717, 1.165) is 5.56 Å². The molecule has 130 valence electrons. The lowest BCUT2D eigenvalue weighted by molar-refractivity contribution is -0.148. The fourth-order valence-corrected chi connectivity index (χ4v) is 3.52. The summed E-state index contributed by atoms with van der Waals surface area (Å²) in [6.07, 6.45) is 1.67. The first-order valence-electron chi connectivity index (χ1n) is 7.83. The number of benzene rings is 1. The predicted molar refractivity (Wildman–Crippen MR) is 98.2 cm³/mol. The third-order valence-corrected chi connectivity index (χ3v) is 4.88. The zero-order chi connectivity index (χ0) is 18.0. The van der Waals surface area contributed by atoms with Crippen molar-refractivity contribution in [1.82, 2.24) is 9.38 Å². The Hall–Kier alpha value is -2.18. The Morgan fingerprint density at radius 2 is 2.04 bits per heavy atom. The minimum atomic E-state index is -0.399. The normalized spacial score (nSPS) is 12.5. The molecule has 1 aromatic carbocycles. The summed E-state index contributed by atoms with van der Waals surface area (Å²) in [4.78, 5) is 29.5. The lowest BCUT2D eigenvalue weighted by Gasteiger charge is -2.20. The van der Waals surface area contributed by atoms with Crippen LogP contribution in [-0.4, -0.2) is 15.4 Å². The van der Waals surface area contributed by atoms with Crippen LogP contribution in [0.3, 0.4) is 0 Å². The number of fused-ring (bicyclic) bond motifs is 1. The predicted octanol–water partition coefficient (Wildman–Crippen LogP) is 3.89. The van der Waals surface area contributed by atoms with Gasteiger partial charge in [0, 0.05) is 22.7 Å². The number of esters is 1. The molecule has 1 atom stereocenters. The van der Waals surface area contributed by atoms with Crippen LogP contribution in [0, 0.1) is 5.92 Å². The molecule has 0 saturated carbocycles. The van der Waals surface area contributed by atoms with Gasteiger partial charge in [-0.25, -0.2) is 4.98 Å². The van der Waals surface area contributed by atoms with Crippen LogP contribution in [0.2, 0.25) is 5.02 Å². The van der Waals surface area contributed by atoms with Gasteiger partial charge < -0.3 is 4.74 Å². The third-order valence-electron chi connectivity index (χ3n) is 3.87. The molecule has 0 saturated heterocycles. The van der Waals surface area contributed by atoms with E-state index in [0.29, 0.717) is 15.7 Å². The summed E-state index contributed by atoms with van der Waals surface area (Å²) in [7, 11) is 0. The molecule has 0 aliphatic heterocycles. The zero-order valence-electron chi connectivity index (χ0n) is 13.8. The quantitative estimate of drug-likeness (QED) is 0.634. The maximum absolute atomic E-state index is 12.6. The van der Waals surface area contributed by atoms with Gasteiger partial charge in [-0.3, -0.25) is 14.0 Å². The first kappa shape index (κ1) is 17.6. The molecule has 3 aromatic rings. The molecule has 5 nitrogen and oxygen atoms in total. The Morgan fingerprint density at radius 1 is 1.32 bits per heavy atom. The number of ether oxygens (including phenoxy) is 1. The maximum atomic E-state index is 12.6. The van der Waals surface area contributed by atoms with Crippen LogP contribution in [0.5, 0.6) is 0 Å². The van der Waals surface area contributed by atoms with Gasteiger partial charge in [0.15, 0.2) is 4.96 Å². The minimum Gasteiger partial charge on any atom is -0.459 e. The van der Waals surface area contributed by atoms with Crippen LogP contribution in [-0.2, 0) is 16.1 Å². The Bertz CT molecular complexity index is 947. The van der Waals surface area contributed by atoms with Crippen molar-refractivity contribution in [2.75, 3.05) is 0 Å². The molecule has 0 bridgehead atoms. The van der Waals surface area contributed by atoms with Gasteiger partial charge in [-0.15, -0.1) is 11.3 Å². The molecular weight excluding hydrogens is 360 g/mol. The molecule has 2 heterocycles.